The van der Waals surface area contributed by atoms with Crippen LogP contribution in [0.25, 0.3) is 0 Å². The Morgan fingerprint density at radius 2 is 1.88 bits per heavy atom. The molecule has 1 N–H and O–H groups in total. The van der Waals surface area contributed by atoms with Gasteiger partial charge in [0.2, 0.25) is 0 Å². The molecule has 2 fully saturated rings. The highest BCUT2D eigenvalue weighted by molar-refractivity contribution is 5.86. The summed E-state index contributed by atoms with van der Waals surface area (Å²) in [6.07, 6.45) is 4.03. The summed E-state index contributed by atoms with van der Waals surface area (Å²) in [5.41, 5.74) is 0.607. The molecule has 6 heteroatoms. The molecule has 0 spiro atoms. The molecule has 24 heavy (non-hydrogen) atoms. The van der Waals surface area contributed by atoms with Crippen molar-refractivity contribution in [2.24, 2.45) is 0 Å². The first-order chi connectivity index (χ1) is 11.8. The molecular formula is C18H19N3O3. The normalized spacial score (nSPS) is 22.2. The van der Waals surface area contributed by atoms with E-state index >= 15 is 0 Å². The lowest BCUT2D eigenvalue weighted by Crippen LogP contribution is -2.43. The van der Waals surface area contributed by atoms with Crippen molar-refractivity contribution in [3.8, 4) is 5.75 Å². The third-order valence-electron chi connectivity index (χ3n) is 4.32. The predicted octanol–water partition coefficient (Wildman–Crippen LogP) is 3.06. The molecule has 2 saturated heterocycles. The zero-order valence-corrected chi connectivity index (χ0v) is 13.2. The molecule has 2 aliphatic rings. The van der Waals surface area contributed by atoms with E-state index in [0.29, 0.717) is 23.6 Å². The molecule has 2 aromatic rings. The number of pyridine rings is 1. The van der Waals surface area contributed by atoms with Crippen LogP contribution in [0.3, 0.4) is 0 Å². The Balaban J connectivity index is 1.36. The summed E-state index contributed by atoms with van der Waals surface area (Å²) in [4.78, 5) is 18.6. The number of carbonyl (C=O) groups is 1. The average molecular weight is 325 g/mol. The number of benzene rings is 1. The van der Waals surface area contributed by atoms with Gasteiger partial charge in [0.25, 0.3) is 0 Å². The second kappa shape index (κ2) is 6.49. The fourth-order valence-corrected chi connectivity index (χ4v) is 3.19. The van der Waals surface area contributed by atoms with Gasteiger partial charge in [-0.1, -0.05) is 18.2 Å². The van der Waals surface area contributed by atoms with Crippen LogP contribution in [0.2, 0.25) is 0 Å². The van der Waals surface area contributed by atoms with Crippen LogP contribution < -0.4 is 15.0 Å². The van der Waals surface area contributed by atoms with Gasteiger partial charge in [-0.2, -0.15) is 0 Å². The van der Waals surface area contributed by atoms with Gasteiger partial charge in [0.1, 0.15) is 11.6 Å². The number of fused-ring (bicyclic) bond motifs is 2. The van der Waals surface area contributed by atoms with Gasteiger partial charge >= 0.3 is 6.09 Å². The van der Waals surface area contributed by atoms with E-state index in [1.165, 1.54) is 0 Å². The molecule has 6 nitrogen and oxygen atoms in total. The Labute approximate surface area is 140 Å². The SMILES string of the molecule is O=C(Nc1ccc(N2CC3CCC(C2)O3)nc1)Oc1ccccc1. The smallest absolute Gasteiger partial charge is 0.410 e. The maximum atomic E-state index is 11.9. The van der Waals surface area contributed by atoms with Gasteiger partial charge in [-0.25, -0.2) is 9.78 Å². The molecular weight excluding hydrogens is 306 g/mol. The average Bonchev–Trinajstić information content (AvgIpc) is 2.94. The summed E-state index contributed by atoms with van der Waals surface area (Å²) in [5.74, 6) is 1.42. The van der Waals surface area contributed by atoms with Crippen molar-refractivity contribution in [3.63, 3.8) is 0 Å². The summed E-state index contributed by atoms with van der Waals surface area (Å²) < 4.78 is 11.0. The second-order valence-corrected chi connectivity index (χ2v) is 6.10. The van der Waals surface area contributed by atoms with Gasteiger partial charge in [0.15, 0.2) is 0 Å². The van der Waals surface area contributed by atoms with E-state index in [-0.39, 0.29) is 0 Å². The second-order valence-electron chi connectivity index (χ2n) is 6.10. The van der Waals surface area contributed by atoms with Crippen molar-refractivity contribution < 1.29 is 14.3 Å². The Morgan fingerprint density at radius 1 is 1.12 bits per heavy atom. The molecule has 0 radical (unpaired) electrons. The minimum atomic E-state index is -0.528. The standard InChI is InChI=1S/C18H19N3O3/c22-18(24-14-4-2-1-3-5-14)20-13-6-9-17(19-10-13)21-11-15-7-8-16(12-21)23-15/h1-6,9-10,15-16H,7-8,11-12H2,(H,20,22). The van der Waals surface area contributed by atoms with Crippen LogP contribution in [0.1, 0.15) is 12.8 Å². The summed E-state index contributed by atoms with van der Waals surface area (Å²) in [6, 6.07) is 12.7. The van der Waals surface area contributed by atoms with E-state index in [0.717, 1.165) is 31.7 Å². The lowest BCUT2D eigenvalue weighted by Gasteiger charge is -2.32. The number of para-hydroxylation sites is 1. The van der Waals surface area contributed by atoms with Gasteiger partial charge in [0, 0.05) is 13.1 Å². The van der Waals surface area contributed by atoms with Crippen molar-refractivity contribution in [2.45, 2.75) is 25.0 Å². The van der Waals surface area contributed by atoms with Gasteiger partial charge in [0.05, 0.1) is 24.1 Å². The number of anilines is 2. The zero-order valence-electron chi connectivity index (χ0n) is 13.2. The molecule has 2 unspecified atom stereocenters. The highest BCUT2D eigenvalue weighted by atomic mass is 16.6. The molecule has 0 aliphatic carbocycles. The number of aromatic nitrogens is 1. The van der Waals surface area contributed by atoms with E-state index < -0.39 is 6.09 Å². The first-order valence-electron chi connectivity index (χ1n) is 8.16. The largest absolute Gasteiger partial charge is 0.417 e. The Bertz CT molecular complexity index is 693. The molecule has 1 aromatic carbocycles. The molecule has 3 heterocycles. The Kier molecular flexibility index (Phi) is 4.04. The molecule has 2 atom stereocenters. The number of nitrogens with zero attached hydrogens (tertiary/aromatic N) is 2. The minimum Gasteiger partial charge on any atom is -0.410 e. The van der Waals surface area contributed by atoms with Crippen molar-refractivity contribution in [1.82, 2.24) is 4.98 Å². The van der Waals surface area contributed by atoms with Crippen LogP contribution >= 0.6 is 0 Å². The first kappa shape index (κ1) is 15.0. The molecule has 4 rings (SSSR count). The van der Waals surface area contributed by atoms with E-state index in [1.54, 1.807) is 18.3 Å². The molecule has 1 amide bonds. The third-order valence-corrected chi connectivity index (χ3v) is 4.32. The molecule has 124 valence electrons. The number of hydrogen-bond donors (Lipinski definition) is 1. The van der Waals surface area contributed by atoms with E-state index in [4.69, 9.17) is 9.47 Å². The van der Waals surface area contributed by atoms with Crippen LogP contribution in [-0.4, -0.2) is 36.4 Å². The molecule has 0 saturated carbocycles. The van der Waals surface area contributed by atoms with Gasteiger partial charge < -0.3 is 14.4 Å². The first-order valence-corrected chi connectivity index (χ1v) is 8.16. The number of amides is 1. The number of ether oxygens (including phenoxy) is 2. The van der Waals surface area contributed by atoms with Gasteiger partial charge in [-0.15, -0.1) is 0 Å². The van der Waals surface area contributed by atoms with Crippen molar-refractivity contribution in [3.05, 3.63) is 48.7 Å². The van der Waals surface area contributed by atoms with Crippen LogP contribution in [0.15, 0.2) is 48.7 Å². The number of hydrogen-bond acceptors (Lipinski definition) is 5. The summed E-state index contributed by atoms with van der Waals surface area (Å²) in [6.45, 7) is 1.76. The summed E-state index contributed by atoms with van der Waals surface area (Å²) in [5, 5.41) is 2.68. The molecule has 2 bridgehead atoms. The van der Waals surface area contributed by atoms with Gasteiger partial charge in [-0.3, -0.25) is 5.32 Å². The monoisotopic (exact) mass is 325 g/mol. The Hall–Kier alpha value is -2.60. The van der Waals surface area contributed by atoms with E-state index in [9.17, 15) is 4.79 Å². The van der Waals surface area contributed by atoms with Crippen molar-refractivity contribution >= 4 is 17.6 Å². The van der Waals surface area contributed by atoms with E-state index in [2.05, 4.69) is 15.2 Å². The van der Waals surface area contributed by atoms with Gasteiger partial charge in [-0.05, 0) is 37.1 Å². The summed E-state index contributed by atoms with van der Waals surface area (Å²) >= 11 is 0. The quantitative estimate of drug-likeness (QED) is 0.939. The zero-order chi connectivity index (χ0) is 16.4. The van der Waals surface area contributed by atoms with Crippen molar-refractivity contribution in [1.29, 1.82) is 0 Å². The summed E-state index contributed by atoms with van der Waals surface area (Å²) in [7, 11) is 0. The van der Waals surface area contributed by atoms with E-state index in [1.807, 2.05) is 30.3 Å². The molecule has 2 aliphatic heterocycles. The number of carbonyl (C=O) groups excluding carboxylic acids is 1. The van der Waals surface area contributed by atoms with Crippen LogP contribution in [0, 0.1) is 0 Å². The lowest BCUT2D eigenvalue weighted by atomic mass is 10.2. The van der Waals surface area contributed by atoms with Crippen molar-refractivity contribution in [2.75, 3.05) is 23.3 Å². The van der Waals surface area contributed by atoms with Crippen LogP contribution in [0.4, 0.5) is 16.3 Å². The third kappa shape index (κ3) is 3.33. The predicted molar refractivity (Wildman–Crippen MR) is 90.4 cm³/mol. The maximum Gasteiger partial charge on any atom is 0.417 e. The highest BCUT2D eigenvalue weighted by Crippen LogP contribution is 2.29. The number of nitrogens with one attached hydrogen (secondary N) is 1. The van der Waals surface area contributed by atoms with Crippen LogP contribution in [0.5, 0.6) is 5.75 Å². The number of morpholine rings is 1. The van der Waals surface area contributed by atoms with Crippen LogP contribution in [-0.2, 0) is 4.74 Å². The highest BCUT2D eigenvalue weighted by Gasteiger charge is 2.34. The minimum absolute atomic E-state index is 0.323. The maximum absolute atomic E-state index is 11.9. The topological polar surface area (TPSA) is 63.7 Å². The fraction of sp³-hybridized carbons (Fsp3) is 0.333. The lowest BCUT2D eigenvalue weighted by molar-refractivity contribution is 0.0302. The molecule has 1 aromatic heterocycles. The number of rotatable bonds is 3. The Morgan fingerprint density at radius 3 is 2.54 bits per heavy atom. The fourth-order valence-electron chi connectivity index (χ4n) is 3.19.